The first kappa shape index (κ1) is 21.0. The zero-order valence-electron chi connectivity index (χ0n) is 16.8. The molecule has 0 saturated carbocycles. The molecule has 154 valence electrons. The molecule has 2 aromatic carbocycles. The fourth-order valence-electron chi connectivity index (χ4n) is 3.18. The second kappa shape index (κ2) is 7.59. The molecule has 0 aliphatic carbocycles. The van der Waals surface area contributed by atoms with Crippen LogP contribution in [0.2, 0.25) is 0 Å². The Kier molecular flexibility index (Phi) is 5.49. The highest BCUT2D eigenvalue weighted by Gasteiger charge is 2.38. The molecule has 0 fully saturated rings. The number of benzene rings is 2. The van der Waals surface area contributed by atoms with Gasteiger partial charge in [0.1, 0.15) is 5.82 Å². The quantitative estimate of drug-likeness (QED) is 0.819. The number of rotatable bonds is 4. The number of carbonyl (C=O) groups excluding carboxylic acids is 1. The van der Waals surface area contributed by atoms with Crippen molar-refractivity contribution < 1.29 is 17.6 Å². The Morgan fingerprint density at radius 1 is 1.17 bits per heavy atom. The van der Waals surface area contributed by atoms with Crippen molar-refractivity contribution in [2.45, 2.75) is 33.2 Å². The van der Waals surface area contributed by atoms with Crippen LogP contribution in [0.25, 0.3) is 0 Å². The maximum absolute atomic E-state index is 14.5. The van der Waals surface area contributed by atoms with Gasteiger partial charge in [0, 0.05) is 23.1 Å². The molecule has 1 unspecified atom stereocenters. The summed E-state index contributed by atoms with van der Waals surface area (Å²) in [5.74, 6) is -0.612. The molecule has 0 spiro atoms. The van der Waals surface area contributed by atoms with Crippen LogP contribution in [0, 0.1) is 11.2 Å². The highest BCUT2D eigenvalue weighted by Crippen LogP contribution is 2.37. The van der Waals surface area contributed by atoms with Crippen molar-refractivity contribution in [1.29, 1.82) is 0 Å². The number of carbonyl (C=O) groups is 1. The Morgan fingerprint density at radius 2 is 1.86 bits per heavy atom. The third-order valence-corrected chi connectivity index (χ3v) is 5.13. The maximum Gasteiger partial charge on any atom is 0.248 e. The first-order valence-corrected chi connectivity index (χ1v) is 11.1. The van der Waals surface area contributed by atoms with E-state index in [1.54, 1.807) is 63.2 Å². The molecule has 2 aromatic rings. The molecule has 6 nitrogen and oxygen atoms in total. The molecule has 0 radical (unpaired) electrons. The van der Waals surface area contributed by atoms with Crippen LogP contribution < -0.4 is 4.72 Å². The molecule has 0 bridgehead atoms. The Hall–Kier alpha value is -2.74. The number of hydrogen-bond donors (Lipinski definition) is 1. The lowest BCUT2D eigenvalue weighted by Gasteiger charge is -2.28. The summed E-state index contributed by atoms with van der Waals surface area (Å²) >= 11 is 0. The van der Waals surface area contributed by atoms with Crippen molar-refractivity contribution in [1.82, 2.24) is 5.01 Å². The molecule has 0 saturated heterocycles. The van der Waals surface area contributed by atoms with E-state index >= 15 is 0 Å². The topological polar surface area (TPSA) is 78.8 Å². The lowest BCUT2D eigenvalue weighted by Crippen LogP contribution is -2.36. The predicted molar refractivity (Wildman–Crippen MR) is 112 cm³/mol. The van der Waals surface area contributed by atoms with Gasteiger partial charge >= 0.3 is 0 Å². The molecule has 8 heteroatoms. The molecule has 29 heavy (non-hydrogen) atoms. The predicted octanol–water partition coefficient (Wildman–Crippen LogP) is 3.92. The van der Waals surface area contributed by atoms with Crippen molar-refractivity contribution in [3.63, 3.8) is 0 Å². The molecule has 1 heterocycles. The molecule has 1 aliphatic rings. The summed E-state index contributed by atoms with van der Waals surface area (Å²) in [5, 5.41) is 5.87. The minimum atomic E-state index is -3.42. The maximum atomic E-state index is 14.5. The summed E-state index contributed by atoms with van der Waals surface area (Å²) in [6.07, 6.45) is 1.40. The minimum Gasteiger partial charge on any atom is -0.284 e. The molecule has 1 N–H and O–H groups in total. The van der Waals surface area contributed by atoms with Gasteiger partial charge in [0.05, 0.1) is 18.0 Å². The minimum absolute atomic E-state index is 0.217. The number of halogens is 1. The monoisotopic (exact) mass is 417 g/mol. The lowest BCUT2D eigenvalue weighted by molar-refractivity contribution is -0.141. The van der Waals surface area contributed by atoms with Crippen LogP contribution in [0.1, 0.15) is 44.4 Å². The fourth-order valence-corrected chi connectivity index (χ4v) is 3.73. The SMILES string of the molecule is CC(C)(C)C(=O)N1N=C(c2cccc(NS(C)(=O)=O)c2)CC1c1ccccc1F. The normalized spacial score (nSPS) is 17.2. The Labute approximate surface area is 170 Å². The summed E-state index contributed by atoms with van der Waals surface area (Å²) in [6, 6.07) is 12.6. The van der Waals surface area contributed by atoms with Crippen LogP contribution in [-0.2, 0) is 14.8 Å². The van der Waals surface area contributed by atoms with Crippen LogP contribution in [0.4, 0.5) is 10.1 Å². The standard InChI is InChI=1S/C21H24FN3O3S/c1-21(2,3)20(26)25-19(16-10-5-6-11-17(16)22)13-18(23-25)14-8-7-9-15(12-14)24-29(4,27)28/h5-12,19,24H,13H2,1-4H3. The number of hydrogen-bond acceptors (Lipinski definition) is 4. The summed E-state index contributed by atoms with van der Waals surface area (Å²) < 4.78 is 40.0. The number of nitrogens with zero attached hydrogens (tertiary/aromatic N) is 2. The van der Waals surface area contributed by atoms with E-state index in [9.17, 15) is 17.6 Å². The lowest BCUT2D eigenvalue weighted by atomic mass is 9.92. The van der Waals surface area contributed by atoms with E-state index in [-0.39, 0.29) is 5.91 Å². The van der Waals surface area contributed by atoms with Crippen molar-refractivity contribution >= 4 is 27.3 Å². The van der Waals surface area contributed by atoms with E-state index in [4.69, 9.17) is 0 Å². The van der Waals surface area contributed by atoms with Gasteiger partial charge in [-0.3, -0.25) is 9.52 Å². The molecule has 3 rings (SSSR count). The molecule has 1 aliphatic heterocycles. The molecule has 1 atom stereocenters. The fraction of sp³-hybridized carbons (Fsp3) is 0.333. The van der Waals surface area contributed by atoms with Crippen molar-refractivity contribution in [2.24, 2.45) is 10.5 Å². The zero-order chi connectivity index (χ0) is 21.4. The molecular formula is C21H24FN3O3S. The first-order chi connectivity index (χ1) is 13.5. The largest absolute Gasteiger partial charge is 0.284 e. The van der Waals surface area contributed by atoms with E-state index < -0.39 is 27.3 Å². The smallest absolute Gasteiger partial charge is 0.248 e. The molecule has 1 amide bonds. The van der Waals surface area contributed by atoms with Gasteiger partial charge in [-0.05, 0) is 23.8 Å². The number of amides is 1. The van der Waals surface area contributed by atoms with Gasteiger partial charge in [-0.15, -0.1) is 0 Å². The van der Waals surface area contributed by atoms with Gasteiger partial charge in [-0.1, -0.05) is 51.1 Å². The Balaban J connectivity index is 2.02. The van der Waals surface area contributed by atoms with Crippen LogP contribution >= 0.6 is 0 Å². The van der Waals surface area contributed by atoms with Gasteiger partial charge < -0.3 is 0 Å². The van der Waals surface area contributed by atoms with E-state index in [0.717, 1.165) is 6.26 Å². The second-order valence-corrected chi connectivity index (χ2v) is 9.89. The third-order valence-electron chi connectivity index (χ3n) is 4.52. The van der Waals surface area contributed by atoms with Gasteiger partial charge in [0.25, 0.3) is 0 Å². The highest BCUT2D eigenvalue weighted by molar-refractivity contribution is 7.92. The average molecular weight is 418 g/mol. The summed E-state index contributed by atoms with van der Waals surface area (Å²) in [5.41, 5.74) is 1.37. The number of hydrazone groups is 1. The molecular weight excluding hydrogens is 393 g/mol. The van der Waals surface area contributed by atoms with Crippen molar-refractivity contribution in [3.8, 4) is 0 Å². The van der Waals surface area contributed by atoms with Crippen molar-refractivity contribution in [3.05, 3.63) is 65.5 Å². The van der Waals surface area contributed by atoms with E-state index in [0.29, 0.717) is 28.9 Å². The molecule has 0 aromatic heterocycles. The van der Waals surface area contributed by atoms with Crippen LogP contribution in [0.15, 0.2) is 53.6 Å². The number of anilines is 1. The Morgan fingerprint density at radius 3 is 2.48 bits per heavy atom. The van der Waals surface area contributed by atoms with Crippen LogP contribution in [0.5, 0.6) is 0 Å². The van der Waals surface area contributed by atoms with E-state index in [1.807, 2.05) is 0 Å². The summed E-state index contributed by atoms with van der Waals surface area (Å²) in [6.45, 7) is 5.37. The van der Waals surface area contributed by atoms with Crippen LogP contribution in [0.3, 0.4) is 0 Å². The number of nitrogens with one attached hydrogen (secondary N) is 1. The third kappa shape index (κ3) is 4.82. The van der Waals surface area contributed by atoms with Crippen LogP contribution in [-0.4, -0.2) is 31.3 Å². The zero-order valence-corrected chi connectivity index (χ0v) is 17.6. The average Bonchev–Trinajstić information content (AvgIpc) is 3.04. The van der Waals surface area contributed by atoms with Gasteiger partial charge in [0.15, 0.2) is 0 Å². The van der Waals surface area contributed by atoms with Gasteiger partial charge in [-0.25, -0.2) is 17.8 Å². The Bertz CT molecular complexity index is 1070. The van der Waals surface area contributed by atoms with Gasteiger partial charge in [-0.2, -0.15) is 5.10 Å². The summed E-state index contributed by atoms with van der Waals surface area (Å²) in [4.78, 5) is 13.0. The van der Waals surface area contributed by atoms with Gasteiger partial charge in [0.2, 0.25) is 15.9 Å². The number of sulfonamides is 1. The summed E-state index contributed by atoms with van der Waals surface area (Å²) in [7, 11) is -3.42. The van der Waals surface area contributed by atoms with E-state index in [2.05, 4.69) is 9.82 Å². The second-order valence-electron chi connectivity index (χ2n) is 8.14. The highest BCUT2D eigenvalue weighted by atomic mass is 32.2. The van der Waals surface area contributed by atoms with E-state index in [1.165, 1.54) is 11.1 Å². The van der Waals surface area contributed by atoms with Crippen molar-refractivity contribution in [2.75, 3.05) is 11.0 Å². The first-order valence-electron chi connectivity index (χ1n) is 9.19.